The highest BCUT2D eigenvalue weighted by molar-refractivity contribution is 5.89. The zero-order valence-electron chi connectivity index (χ0n) is 20.7. The summed E-state index contributed by atoms with van der Waals surface area (Å²) in [4.78, 5) is 48.6. The number of carbonyl (C=O) groups is 4. The Balaban J connectivity index is 1.31. The number of carbonyl (C=O) groups excluding carboxylic acids is 3. The fourth-order valence-corrected chi connectivity index (χ4v) is 4.47. The Morgan fingerprint density at radius 1 is 0.816 bits per heavy atom. The number of aliphatic carboxylic acids is 1. The quantitative estimate of drug-likeness (QED) is 0.310. The molecule has 9 nitrogen and oxygen atoms in total. The molecule has 0 saturated heterocycles. The Bertz CT molecular complexity index is 1260. The smallest absolute Gasteiger partial charge is 0.407 e. The second-order valence-corrected chi connectivity index (χ2v) is 8.94. The van der Waals surface area contributed by atoms with E-state index in [4.69, 9.17) is 9.84 Å². The zero-order valence-corrected chi connectivity index (χ0v) is 20.7. The molecule has 0 radical (unpaired) electrons. The Labute approximate surface area is 220 Å². The fraction of sp³-hybridized carbons (Fsp3) is 0.241. The molecule has 1 atom stereocenters. The van der Waals surface area contributed by atoms with Crippen molar-refractivity contribution in [2.45, 2.75) is 31.3 Å². The van der Waals surface area contributed by atoms with Gasteiger partial charge in [0.2, 0.25) is 11.8 Å². The van der Waals surface area contributed by atoms with Crippen LogP contribution in [0, 0.1) is 0 Å². The lowest BCUT2D eigenvalue weighted by Gasteiger charge is -2.19. The Morgan fingerprint density at radius 3 is 2.05 bits per heavy atom. The molecule has 1 aliphatic carbocycles. The van der Waals surface area contributed by atoms with Crippen molar-refractivity contribution in [1.82, 2.24) is 16.0 Å². The predicted molar refractivity (Wildman–Crippen MR) is 140 cm³/mol. The van der Waals surface area contributed by atoms with Gasteiger partial charge in [-0.2, -0.15) is 0 Å². The number of benzene rings is 3. The Hall–Kier alpha value is -4.66. The first-order chi connectivity index (χ1) is 18.4. The van der Waals surface area contributed by atoms with E-state index in [9.17, 15) is 19.2 Å². The average molecular weight is 516 g/mol. The first-order valence-corrected chi connectivity index (χ1v) is 12.3. The summed E-state index contributed by atoms with van der Waals surface area (Å²) in [6.45, 7) is 0.0343. The van der Waals surface area contributed by atoms with Crippen LogP contribution in [0.25, 0.3) is 11.1 Å². The van der Waals surface area contributed by atoms with E-state index in [-0.39, 0.29) is 31.9 Å². The van der Waals surface area contributed by atoms with Crippen LogP contribution >= 0.6 is 0 Å². The lowest BCUT2D eigenvalue weighted by molar-refractivity contribution is -0.137. The zero-order chi connectivity index (χ0) is 26.9. The van der Waals surface area contributed by atoms with Crippen LogP contribution in [-0.4, -0.2) is 48.2 Å². The van der Waals surface area contributed by atoms with Crippen LogP contribution in [0.3, 0.4) is 0 Å². The molecule has 0 bridgehead atoms. The van der Waals surface area contributed by atoms with Crippen molar-refractivity contribution in [2.24, 2.45) is 0 Å². The molecular formula is C29H29N3O6. The molecule has 4 N–H and O–H groups in total. The van der Waals surface area contributed by atoms with Gasteiger partial charge < -0.3 is 25.8 Å². The number of hydrogen-bond donors (Lipinski definition) is 4. The average Bonchev–Trinajstić information content (AvgIpc) is 3.25. The Kier molecular flexibility index (Phi) is 8.71. The van der Waals surface area contributed by atoms with Crippen LogP contribution in [0.4, 0.5) is 4.79 Å². The number of rotatable bonds is 11. The van der Waals surface area contributed by atoms with Crippen molar-refractivity contribution in [2.75, 3.05) is 13.2 Å². The topological polar surface area (TPSA) is 134 Å². The van der Waals surface area contributed by atoms with E-state index < -0.39 is 29.9 Å². The van der Waals surface area contributed by atoms with E-state index >= 15 is 0 Å². The Morgan fingerprint density at radius 2 is 1.42 bits per heavy atom. The molecule has 0 heterocycles. The predicted octanol–water partition coefficient (Wildman–Crippen LogP) is 3.19. The molecule has 38 heavy (non-hydrogen) atoms. The largest absolute Gasteiger partial charge is 0.481 e. The van der Waals surface area contributed by atoms with Crippen LogP contribution in [0.5, 0.6) is 0 Å². The van der Waals surface area contributed by atoms with Crippen molar-refractivity contribution < 1.29 is 29.0 Å². The van der Waals surface area contributed by atoms with E-state index in [0.29, 0.717) is 6.54 Å². The van der Waals surface area contributed by atoms with Gasteiger partial charge >= 0.3 is 12.1 Å². The van der Waals surface area contributed by atoms with Crippen LogP contribution in [-0.2, 0) is 25.7 Å². The first-order valence-electron chi connectivity index (χ1n) is 12.3. The number of alkyl carbamates (subject to hydrolysis) is 1. The molecule has 3 aromatic rings. The molecule has 0 spiro atoms. The van der Waals surface area contributed by atoms with Crippen LogP contribution in [0.2, 0.25) is 0 Å². The SMILES string of the molecule is O=C(O)CCC(NC(=O)OCC1c2ccccc2-c2ccccc21)C(=O)NCC(=O)NCc1ccccc1. The van der Waals surface area contributed by atoms with Gasteiger partial charge in [-0.15, -0.1) is 0 Å². The molecular weight excluding hydrogens is 486 g/mol. The summed E-state index contributed by atoms with van der Waals surface area (Å²) in [5.74, 6) is -2.36. The minimum Gasteiger partial charge on any atom is -0.481 e. The lowest BCUT2D eigenvalue weighted by Crippen LogP contribution is -2.49. The van der Waals surface area contributed by atoms with E-state index in [1.54, 1.807) is 0 Å². The van der Waals surface area contributed by atoms with Crippen molar-refractivity contribution in [1.29, 1.82) is 0 Å². The number of amides is 3. The third-order valence-electron chi connectivity index (χ3n) is 6.35. The van der Waals surface area contributed by atoms with Crippen LogP contribution in [0.1, 0.15) is 35.4 Å². The second kappa shape index (κ2) is 12.5. The maximum Gasteiger partial charge on any atom is 0.407 e. The lowest BCUT2D eigenvalue weighted by atomic mass is 9.98. The van der Waals surface area contributed by atoms with E-state index in [2.05, 4.69) is 16.0 Å². The third-order valence-corrected chi connectivity index (χ3v) is 6.35. The summed E-state index contributed by atoms with van der Waals surface area (Å²) in [6.07, 6.45) is -1.34. The fourth-order valence-electron chi connectivity index (χ4n) is 4.47. The van der Waals surface area contributed by atoms with E-state index in [0.717, 1.165) is 27.8 Å². The highest BCUT2D eigenvalue weighted by Crippen LogP contribution is 2.44. The number of fused-ring (bicyclic) bond motifs is 3. The number of carboxylic acid groups (broad SMARTS) is 1. The molecule has 3 amide bonds. The molecule has 9 heteroatoms. The number of nitrogens with one attached hydrogen (secondary N) is 3. The maximum absolute atomic E-state index is 12.7. The molecule has 1 unspecified atom stereocenters. The van der Waals surface area contributed by atoms with Gasteiger partial charge in [0.15, 0.2) is 0 Å². The summed E-state index contributed by atoms with van der Waals surface area (Å²) >= 11 is 0. The minimum absolute atomic E-state index is 0.0506. The first kappa shape index (κ1) is 26.4. The summed E-state index contributed by atoms with van der Waals surface area (Å²) in [5.41, 5.74) is 5.16. The molecule has 4 rings (SSSR count). The summed E-state index contributed by atoms with van der Waals surface area (Å²) in [5, 5.41) is 16.7. The van der Waals surface area contributed by atoms with Gasteiger partial charge in [0.25, 0.3) is 0 Å². The molecule has 3 aromatic carbocycles. The van der Waals surface area contributed by atoms with Gasteiger partial charge in [-0.25, -0.2) is 4.79 Å². The van der Waals surface area contributed by atoms with Gasteiger partial charge in [-0.3, -0.25) is 14.4 Å². The van der Waals surface area contributed by atoms with Gasteiger partial charge in [-0.1, -0.05) is 78.9 Å². The minimum atomic E-state index is -1.18. The van der Waals surface area contributed by atoms with Gasteiger partial charge in [0, 0.05) is 18.9 Å². The van der Waals surface area contributed by atoms with Crippen LogP contribution < -0.4 is 16.0 Å². The molecule has 0 aromatic heterocycles. The molecule has 196 valence electrons. The monoisotopic (exact) mass is 515 g/mol. The van der Waals surface area contributed by atoms with Gasteiger partial charge in [0.05, 0.1) is 6.54 Å². The molecule has 0 aliphatic heterocycles. The molecule has 1 aliphatic rings. The normalized spacial score (nSPS) is 12.5. The number of hydrogen-bond acceptors (Lipinski definition) is 5. The summed E-state index contributed by atoms with van der Waals surface area (Å²) in [7, 11) is 0. The van der Waals surface area contributed by atoms with E-state index in [1.807, 2.05) is 78.9 Å². The molecule has 0 saturated carbocycles. The van der Waals surface area contributed by atoms with E-state index in [1.165, 1.54) is 0 Å². The second-order valence-electron chi connectivity index (χ2n) is 8.94. The van der Waals surface area contributed by atoms with Crippen molar-refractivity contribution in [3.8, 4) is 11.1 Å². The standard InChI is InChI=1S/C29H29N3O6/c33-26(30-16-19-8-2-1-3-9-19)17-31-28(36)25(14-15-27(34)35)32-29(37)38-18-24-22-12-6-4-10-20(22)21-11-5-7-13-23(21)24/h1-13,24-25H,14-18H2,(H,30,33)(H,31,36)(H,32,37)(H,34,35). The van der Waals surface area contributed by atoms with Crippen molar-refractivity contribution in [3.63, 3.8) is 0 Å². The van der Waals surface area contributed by atoms with Crippen molar-refractivity contribution >= 4 is 23.9 Å². The summed E-state index contributed by atoms with van der Waals surface area (Å²) in [6, 6.07) is 23.9. The van der Waals surface area contributed by atoms with Gasteiger partial charge in [0.1, 0.15) is 12.6 Å². The summed E-state index contributed by atoms with van der Waals surface area (Å²) < 4.78 is 5.48. The van der Waals surface area contributed by atoms with Gasteiger partial charge in [-0.05, 0) is 34.2 Å². The van der Waals surface area contributed by atoms with Crippen LogP contribution in [0.15, 0.2) is 78.9 Å². The maximum atomic E-state index is 12.7. The highest BCUT2D eigenvalue weighted by atomic mass is 16.5. The molecule has 0 fully saturated rings. The highest BCUT2D eigenvalue weighted by Gasteiger charge is 2.30. The van der Waals surface area contributed by atoms with Crippen molar-refractivity contribution in [3.05, 3.63) is 95.6 Å². The number of ether oxygens (including phenoxy) is 1. The number of carboxylic acids is 1. The third kappa shape index (κ3) is 6.76.